The lowest BCUT2D eigenvalue weighted by atomic mass is 9.76. The van der Waals surface area contributed by atoms with Gasteiger partial charge in [-0.15, -0.1) is 0 Å². The molecule has 5 rings (SSSR count). The number of fused-ring (bicyclic) bond motifs is 2. The number of hydrogen-bond acceptors (Lipinski definition) is 4. The van der Waals surface area contributed by atoms with E-state index < -0.39 is 0 Å². The first-order chi connectivity index (χ1) is 14.1. The molecule has 4 N–H and O–H groups in total. The highest BCUT2D eigenvalue weighted by molar-refractivity contribution is 5.85. The van der Waals surface area contributed by atoms with Crippen LogP contribution in [0.1, 0.15) is 28.5 Å². The molecule has 1 aliphatic heterocycles. The van der Waals surface area contributed by atoms with Crippen molar-refractivity contribution in [3.8, 4) is 17.2 Å². The van der Waals surface area contributed by atoms with E-state index in [1.807, 2.05) is 30.3 Å². The van der Waals surface area contributed by atoms with Gasteiger partial charge in [-0.05, 0) is 41.5 Å². The number of rotatable bonds is 3. The number of phenols is 1. The summed E-state index contributed by atoms with van der Waals surface area (Å²) in [6.45, 7) is 0.518. The topological polar surface area (TPSA) is 80.5 Å². The summed E-state index contributed by atoms with van der Waals surface area (Å²) in [4.78, 5) is 3.38. The molecule has 1 aromatic heterocycles. The molecule has 0 radical (unpaired) electrons. The minimum atomic E-state index is 0.0843. The highest BCUT2D eigenvalue weighted by Crippen LogP contribution is 2.48. The zero-order chi connectivity index (χ0) is 20.0. The molecule has 5 nitrogen and oxygen atoms in total. The van der Waals surface area contributed by atoms with E-state index in [2.05, 4.69) is 29.4 Å². The summed E-state index contributed by atoms with van der Waals surface area (Å²) in [5, 5.41) is 11.1. The molecule has 2 atom stereocenters. The van der Waals surface area contributed by atoms with Crippen LogP contribution < -0.4 is 15.2 Å². The van der Waals surface area contributed by atoms with Gasteiger partial charge in [0.15, 0.2) is 0 Å². The summed E-state index contributed by atoms with van der Waals surface area (Å²) in [7, 11) is 1.67. The molecule has 0 saturated heterocycles. The van der Waals surface area contributed by atoms with Crippen LogP contribution in [-0.4, -0.2) is 23.8 Å². The Balaban J connectivity index is 1.67. The Kier molecular flexibility index (Phi) is 4.09. The van der Waals surface area contributed by atoms with Gasteiger partial charge in [0, 0.05) is 52.3 Å². The summed E-state index contributed by atoms with van der Waals surface area (Å²) < 4.78 is 11.4. The van der Waals surface area contributed by atoms with Gasteiger partial charge in [-0.3, -0.25) is 0 Å². The highest BCUT2D eigenvalue weighted by atomic mass is 16.5. The molecule has 1 aliphatic rings. The average molecular weight is 386 g/mol. The van der Waals surface area contributed by atoms with E-state index >= 15 is 0 Å². The van der Waals surface area contributed by atoms with Crippen molar-refractivity contribution < 1.29 is 14.6 Å². The monoisotopic (exact) mass is 386 g/mol. The maximum atomic E-state index is 9.91. The Morgan fingerprint density at radius 1 is 1.03 bits per heavy atom. The Bertz CT molecular complexity index is 1180. The largest absolute Gasteiger partial charge is 0.508 e. The Hall–Kier alpha value is -3.60. The number of H-pyrrole nitrogens is 1. The van der Waals surface area contributed by atoms with Gasteiger partial charge >= 0.3 is 0 Å². The van der Waals surface area contributed by atoms with Gasteiger partial charge in [0.1, 0.15) is 17.2 Å². The molecule has 5 heteroatoms. The predicted molar refractivity (Wildman–Crippen MR) is 114 cm³/mol. The zero-order valence-electron chi connectivity index (χ0n) is 16.1. The average Bonchev–Trinajstić information content (AvgIpc) is 3.16. The van der Waals surface area contributed by atoms with Crippen molar-refractivity contribution in [2.75, 3.05) is 19.5 Å². The Morgan fingerprint density at radius 3 is 2.66 bits per heavy atom. The number of aromatic hydroxyl groups is 1. The maximum Gasteiger partial charge on any atom is 0.126 e. The van der Waals surface area contributed by atoms with Crippen molar-refractivity contribution in [3.63, 3.8) is 0 Å². The van der Waals surface area contributed by atoms with Crippen LogP contribution >= 0.6 is 0 Å². The molecular formula is C24H22N2O3. The van der Waals surface area contributed by atoms with Crippen LogP contribution in [0.5, 0.6) is 17.2 Å². The molecular weight excluding hydrogens is 364 g/mol. The normalized spacial score (nSPS) is 18.2. The van der Waals surface area contributed by atoms with Crippen molar-refractivity contribution in [3.05, 3.63) is 83.6 Å². The first-order valence-corrected chi connectivity index (χ1v) is 9.60. The smallest absolute Gasteiger partial charge is 0.126 e. The highest BCUT2D eigenvalue weighted by Gasteiger charge is 2.35. The van der Waals surface area contributed by atoms with Gasteiger partial charge in [0.05, 0.1) is 13.7 Å². The molecule has 0 spiro atoms. The maximum absolute atomic E-state index is 9.91. The second kappa shape index (κ2) is 6.78. The molecule has 0 bridgehead atoms. The molecule has 2 heterocycles. The van der Waals surface area contributed by atoms with Crippen LogP contribution in [0.4, 0.5) is 5.69 Å². The third kappa shape index (κ3) is 2.95. The summed E-state index contributed by atoms with van der Waals surface area (Å²) in [6, 6.07) is 19.5. The van der Waals surface area contributed by atoms with Gasteiger partial charge in [-0.2, -0.15) is 0 Å². The summed E-state index contributed by atoms with van der Waals surface area (Å²) in [5.41, 5.74) is 11.1. The molecule has 4 aromatic rings. The van der Waals surface area contributed by atoms with E-state index in [1.54, 1.807) is 19.2 Å². The molecule has 0 aliphatic carbocycles. The SMILES string of the molecule is COc1ccc2c([C@@H]3COc4cc(O)ccc4[C@@H]3c3ccc(N)cc3)c[nH]c2c1. The number of aromatic nitrogens is 1. The van der Waals surface area contributed by atoms with E-state index in [9.17, 15) is 5.11 Å². The van der Waals surface area contributed by atoms with Crippen LogP contribution in [0.3, 0.4) is 0 Å². The van der Waals surface area contributed by atoms with Crippen molar-refractivity contribution in [1.29, 1.82) is 0 Å². The fraction of sp³-hybridized carbons (Fsp3) is 0.167. The number of anilines is 1. The van der Waals surface area contributed by atoms with E-state index in [0.29, 0.717) is 6.61 Å². The second-order valence-corrected chi connectivity index (χ2v) is 7.44. The Labute approximate surface area is 168 Å². The fourth-order valence-corrected chi connectivity index (χ4v) is 4.34. The van der Waals surface area contributed by atoms with Gasteiger partial charge < -0.3 is 25.3 Å². The zero-order valence-corrected chi connectivity index (χ0v) is 16.1. The summed E-state index contributed by atoms with van der Waals surface area (Å²) in [5.74, 6) is 1.95. The lowest BCUT2D eigenvalue weighted by molar-refractivity contribution is 0.248. The number of hydrogen-bond donors (Lipinski definition) is 3. The number of benzene rings is 3. The lowest BCUT2D eigenvalue weighted by Gasteiger charge is -2.34. The number of aromatic amines is 1. The minimum absolute atomic E-state index is 0.0843. The molecule has 0 amide bonds. The number of methoxy groups -OCH3 is 1. The standard InChI is InChI=1S/C24H22N2O3/c1-28-17-7-9-18-20(12-26-22(18)11-17)21-13-29-23-10-16(27)6-8-19(23)24(21)14-2-4-15(25)5-3-14/h2-12,21,24,26-27H,13,25H2,1H3/t21-,24-/m0/s1. The number of nitrogens with one attached hydrogen (secondary N) is 1. The number of nitrogens with two attached hydrogens (primary N) is 1. The van der Waals surface area contributed by atoms with Gasteiger partial charge in [0.25, 0.3) is 0 Å². The molecule has 0 fully saturated rings. The molecule has 0 saturated carbocycles. The van der Waals surface area contributed by atoms with Crippen LogP contribution in [0, 0.1) is 0 Å². The first-order valence-electron chi connectivity index (χ1n) is 9.60. The summed E-state index contributed by atoms with van der Waals surface area (Å²) >= 11 is 0. The van der Waals surface area contributed by atoms with Crippen molar-refractivity contribution in [2.24, 2.45) is 0 Å². The van der Waals surface area contributed by atoms with Crippen LogP contribution in [0.25, 0.3) is 10.9 Å². The Morgan fingerprint density at radius 2 is 1.86 bits per heavy atom. The van der Waals surface area contributed by atoms with E-state index in [4.69, 9.17) is 15.2 Å². The predicted octanol–water partition coefficient (Wildman–Crippen LogP) is 4.77. The molecule has 0 unspecified atom stereocenters. The van der Waals surface area contributed by atoms with E-state index in [-0.39, 0.29) is 17.6 Å². The van der Waals surface area contributed by atoms with Crippen LogP contribution in [0.2, 0.25) is 0 Å². The van der Waals surface area contributed by atoms with E-state index in [1.165, 1.54) is 11.1 Å². The van der Waals surface area contributed by atoms with Crippen molar-refractivity contribution >= 4 is 16.6 Å². The quantitative estimate of drug-likeness (QED) is 0.443. The molecule has 146 valence electrons. The second-order valence-electron chi connectivity index (χ2n) is 7.44. The third-order valence-corrected chi connectivity index (χ3v) is 5.77. The van der Waals surface area contributed by atoms with Gasteiger partial charge in [-0.25, -0.2) is 0 Å². The summed E-state index contributed by atoms with van der Waals surface area (Å²) in [6.07, 6.45) is 2.06. The number of nitrogen functional groups attached to an aromatic ring is 1. The van der Waals surface area contributed by atoms with Gasteiger partial charge in [-0.1, -0.05) is 18.2 Å². The van der Waals surface area contributed by atoms with Crippen LogP contribution in [0.15, 0.2) is 66.9 Å². The number of ether oxygens (including phenoxy) is 2. The molecule has 29 heavy (non-hydrogen) atoms. The molecule has 3 aromatic carbocycles. The van der Waals surface area contributed by atoms with Crippen molar-refractivity contribution in [2.45, 2.75) is 11.8 Å². The van der Waals surface area contributed by atoms with Gasteiger partial charge in [0.2, 0.25) is 0 Å². The van der Waals surface area contributed by atoms with Crippen molar-refractivity contribution in [1.82, 2.24) is 4.98 Å². The lowest BCUT2D eigenvalue weighted by Crippen LogP contribution is -2.25. The number of phenolic OH excluding ortho intramolecular Hbond substituents is 1. The van der Waals surface area contributed by atoms with Crippen LogP contribution in [-0.2, 0) is 0 Å². The minimum Gasteiger partial charge on any atom is -0.508 e. The third-order valence-electron chi connectivity index (χ3n) is 5.77. The fourth-order valence-electron chi connectivity index (χ4n) is 4.34. The van der Waals surface area contributed by atoms with E-state index in [0.717, 1.165) is 33.7 Å². The first kappa shape index (κ1) is 17.5.